The standard InChI is InChI=1S/C24H26N6OS/c1-17-6-10-19(11-7-17)22-26-25-21(31-22)16-32-24-28-27-23(29-14-4-3-5-15-29)30(24)20-12-8-18(2)9-13-20/h6-13H,3-5,14-16H2,1-2H3. The molecule has 5 rings (SSSR count). The fourth-order valence-corrected chi connectivity index (χ4v) is 4.61. The van der Waals surface area contributed by atoms with E-state index in [0.29, 0.717) is 17.5 Å². The first-order valence-corrected chi connectivity index (χ1v) is 12.0. The van der Waals surface area contributed by atoms with Gasteiger partial charge in [0.15, 0.2) is 5.16 Å². The third kappa shape index (κ3) is 4.41. The van der Waals surface area contributed by atoms with Crippen LogP contribution in [0.15, 0.2) is 58.1 Å². The maximum Gasteiger partial charge on any atom is 0.247 e. The van der Waals surface area contributed by atoms with Gasteiger partial charge in [-0.15, -0.1) is 20.4 Å². The van der Waals surface area contributed by atoms with E-state index in [1.165, 1.54) is 30.4 Å². The molecule has 0 unspecified atom stereocenters. The molecule has 0 N–H and O–H groups in total. The van der Waals surface area contributed by atoms with Gasteiger partial charge in [-0.25, -0.2) is 0 Å². The average molecular weight is 447 g/mol. The molecule has 3 heterocycles. The molecule has 1 fully saturated rings. The summed E-state index contributed by atoms with van der Waals surface area (Å²) in [4.78, 5) is 2.34. The fraction of sp³-hybridized carbons (Fsp3) is 0.333. The monoisotopic (exact) mass is 446 g/mol. The smallest absolute Gasteiger partial charge is 0.247 e. The summed E-state index contributed by atoms with van der Waals surface area (Å²) in [5.74, 6) is 2.54. The number of hydrogen-bond donors (Lipinski definition) is 0. The zero-order chi connectivity index (χ0) is 21.9. The fourth-order valence-electron chi connectivity index (χ4n) is 3.83. The summed E-state index contributed by atoms with van der Waals surface area (Å²) in [5, 5.41) is 18.4. The van der Waals surface area contributed by atoms with Crippen LogP contribution in [0.5, 0.6) is 0 Å². The van der Waals surface area contributed by atoms with Crippen molar-refractivity contribution in [2.45, 2.75) is 44.0 Å². The molecule has 0 amide bonds. The Hall–Kier alpha value is -3.13. The second-order valence-electron chi connectivity index (χ2n) is 8.16. The summed E-state index contributed by atoms with van der Waals surface area (Å²) in [5.41, 5.74) is 4.41. The van der Waals surface area contributed by atoms with Crippen LogP contribution in [0, 0.1) is 13.8 Å². The molecule has 2 aromatic heterocycles. The van der Waals surface area contributed by atoms with Crippen molar-refractivity contribution in [2.24, 2.45) is 0 Å². The van der Waals surface area contributed by atoms with Gasteiger partial charge in [0.05, 0.1) is 11.4 Å². The molecule has 0 spiro atoms. The van der Waals surface area contributed by atoms with Crippen LogP contribution in [0.4, 0.5) is 5.95 Å². The number of benzene rings is 2. The minimum Gasteiger partial charge on any atom is -0.420 e. The van der Waals surface area contributed by atoms with Crippen molar-refractivity contribution < 1.29 is 4.42 Å². The van der Waals surface area contributed by atoms with Crippen LogP contribution in [0.3, 0.4) is 0 Å². The molecular formula is C24H26N6OS. The lowest BCUT2D eigenvalue weighted by molar-refractivity contribution is 0.528. The van der Waals surface area contributed by atoms with Crippen molar-refractivity contribution in [1.29, 1.82) is 0 Å². The normalized spacial score (nSPS) is 14.1. The highest BCUT2D eigenvalue weighted by atomic mass is 32.2. The molecule has 164 valence electrons. The number of hydrogen-bond acceptors (Lipinski definition) is 7. The molecule has 1 aliphatic heterocycles. The first-order valence-electron chi connectivity index (χ1n) is 11.0. The second-order valence-corrected chi connectivity index (χ2v) is 9.10. The van der Waals surface area contributed by atoms with Crippen molar-refractivity contribution in [3.63, 3.8) is 0 Å². The van der Waals surface area contributed by atoms with Gasteiger partial charge < -0.3 is 9.32 Å². The summed E-state index contributed by atoms with van der Waals surface area (Å²) in [7, 11) is 0. The zero-order valence-electron chi connectivity index (χ0n) is 18.4. The summed E-state index contributed by atoms with van der Waals surface area (Å²) in [6.07, 6.45) is 3.65. The van der Waals surface area contributed by atoms with Crippen molar-refractivity contribution >= 4 is 17.7 Å². The van der Waals surface area contributed by atoms with Crippen molar-refractivity contribution in [3.05, 3.63) is 65.5 Å². The quantitative estimate of drug-likeness (QED) is 0.376. The Morgan fingerprint density at radius 2 is 1.50 bits per heavy atom. The Kier molecular flexibility index (Phi) is 5.94. The van der Waals surface area contributed by atoms with Gasteiger partial charge in [0.2, 0.25) is 17.7 Å². The SMILES string of the molecule is Cc1ccc(-c2nnc(CSc3nnc(N4CCCCC4)n3-c3ccc(C)cc3)o2)cc1. The number of thioether (sulfide) groups is 1. The average Bonchev–Trinajstić information content (AvgIpc) is 3.47. The van der Waals surface area contributed by atoms with E-state index < -0.39 is 0 Å². The van der Waals surface area contributed by atoms with Crippen molar-refractivity contribution in [3.8, 4) is 17.1 Å². The molecule has 0 atom stereocenters. The predicted octanol–water partition coefficient (Wildman–Crippen LogP) is 5.22. The van der Waals surface area contributed by atoms with Crippen molar-refractivity contribution in [1.82, 2.24) is 25.0 Å². The van der Waals surface area contributed by atoms with E-state index in [2.05, 4.69) is 68.0 Å². The Morgan fingerprint density at radius 3 is 2.22 bits per heavy atom. The Bertz CT molecular complexity index is 1180. The van der Waals surface area contributed by atoms with Crippen LogP contribution in [-0.4, -0.2) is 38.1 Å². The number of rotatable bonds is 6. The van der Waals surface area contributed by atoms with Crippen LogP contribution in [-0.2, 0) is 5.75 Å². The lowest BCUT2D eigenvalue weighted by atomic mass is 10.1. The largest absolute Gasteiger partial charge is 0.420 e. The van der Waals surface area contributed by atoms with Gasteiger partial charge in [-0.05, 0) is 57.4 Å². The van der Waals surface area contributed by atoms with Crippen molar-refractivity contribution in [2.75, 3.05) is 18.0 Å². The molecular weight excluding hydrogens is 420 g/mol. The third-order valence-electron chi connectivity index (χ3n) is 5.64. The van der Waals surface area contributed by atoms with Gasteiger partial charge in [0.25, 0.3) is 0 Å². The van der Waals surface area contributed by atoms with Gasteiger partial charge in [-0.1, -0.05) is 47.2 Å². The van der Waals surface area contributed by atoms with E-state index in [4.69, 9.17) is 4.42 Å². The van der Waals surface area contributed by atoms with Gasteiger partial charge in [0.1, 0.15) is 0 Å². The summed E-state index contributed by atoms with van der Waals surface area (Å²) in [6, 6.07) is 16.6. The van der Waals surface area contributed by atoms with Gasteiger partial charge in [-0.2, -0.15) is 0 Å². The van der Waals surface area contributed by atoms with E-state index in [0.717, 1.165) is 35.4 Å². The Labute approximate surface area is 191 Å². The molecule has 0 saturated carbocycles. The van der Waals surface area contributed by atoms with Gasteiger partial charge in [-0.3, -0.25) is 4.57 Å². The lowest BCUT2D eigenvalue weighted by Gasteiger charge is -2.27. The minimum atomic E-state index is 0.531. The predicted molar refractivity (Wildman–Crippen MR) is 126 cm³/mol. The van der Waals surface area contributed by atoms with E-state index in [1.807, 2.05) is 24.3 Å². The molecule has 8 heteroatoms. The van der Waals surface area contributed by atoms with Gasteiger partial charge in [0, 0.05) is 18.7 Å². The van der Waals surface area contributed by atoms with E-state index >= 15 is 0 Å². The molecule has 2 aromatic carbocycles. The topological polar surface area (TPSA) is 72.9 Å². The highest BCUT2D eigenvalue weighted by Gasteiger charge is 2.22. The second kappa shape index (κ2) is 9.16. The molecule has 7 nitrogen and oxygen atoms in total. The van der Waals surface area contributed by atoms with Crippen LogP contribution in [0.1, 0.15) is 36.3 Å². The van der Waals surface area contributed by atoms with E-state index in [-0.39, 0.29) is 0 Å². The first kappa shape index (κ1) is 20.8. The summed E-state index contributed by atoms with van der Waals surface area (Å²) < 4.78 is 8.05. The number of aryl methyl sites for hydroxylation is 2. The molecule has 1 aliphatic rings. The highest BCUT2D eigenvalue weighted by molar-refractivity contribution is 7.98. The van der Waals surface area contributed by atoms with E-state index in [1.54, 1.807) is 11.8 Å². The maximum atomic E-state index is 5.90. The maximum absolute atomic E-state index is 5.90. The molecule has 0 aliphatic carbocycles. The number of anilines is 1. The molecule has 1 saturated heterocycles. The lowest BCUT2D eigenvalue weighted by Crippen LogP contribution is -2.31. The van der Waals surface area contributed by atoms with Crippen LogP contribution in [0.2, 0.25) is 0 Å². The first-order chi connectivity index (χ1) is 15.7. The molecule has 32 heavy (non-hydrogen) atoms. The Morgan fingerprint density at radius 1 is 0.812 bits per heavy atom. The van der Waals surface area contributed by atoms with E-state index in [9.17, 15) is 0 Å². The molecule has 0 radical (unpaired) electrons. The number of nitrogens with zero attached hydrogens (tertiary/aromatic N) is 6. The molecule has 4 aromatic rings. The third-order valence-corrected chi connectivity index (χ3v) is 6.55. The molecule has 0 bridgehead atoms. The van der Waals surface area contributed by atoms with Crippen LogP contribution in [0.25, 0.3) is 17.1 Å². The Balaban J connectivity index is 1.39. The number of aromatic nitrogens is 5. The summed E-state index contributed by atoms with van der Waals surface area (Å²) in [6.45, 7) is 6.18. The number of piperidine rings is 1. The minimum absolute atomic E-state index is 0.531. The zero-order valence-corrected chi connectivity index (χ0v) is 19.2. The highest BCUT2D eigenvalue weighted by Crippen LogP contribution is 2.30. The van der Waals surface area contributed by atoms with Crippen LogP contribution < -0.4 is 4.90 Å². The van der Waals surface area contributed by atoms with Crippen LogP contribution >= 0.6 is 11.8 Å². The summed E-state index contributed by atoms with van der Waals surface area (Å²) >= 11 is 1.56. The van der Waals surface area contributed by atoms with Gasteiger partial charge >= 0.3 is 0 Å².